The maximum absolute atomic E-state index is 13.7. The number of para-hydroxylation sites is 3. The summed E-state index contributed by atoms with van der Waals surface area (Å²) >= 11 is 0. The Morgan fingerprint density at radius 3 is 2.43 bits per heavy atom. The summed E-state index contributed by atoms with van der Waals surface area (Å²) in [6, 6.07) is 15.1. The number of nitrogens with two attached hydrogens (primary N) is 1. The second-order valence-corrected chi connectivity index (χ2v) is 7.98. The second kappa shape index (κ2) is 7.14. The van der Waals surface area contributed by atoms with Crippen LogP contribution >= 0.6 is 0 Å². The molecule has 0 radical (unpaired) electrons. The third-order valence-electron chi connectivity index (χ3n) is 4.83. The molecule has 0 fully saturated rings. The molecule has 0 saturated carbocycles. The first-order valence-corrected chi connectivity index (χ1v) is 9.49. The SMILES string of the molecule is CC(C)(C)c1ccccc1N(C(=O)c1nc[nH]c1C(N)=O)c1nc2ccccc2[nH]1. The standard InChI is InChI=1S/C22H22N6O2/c1-22(2,3)13-8-4-7-11-16(13)28(20(30)18-17(19(23)29)24-12-25-18)21-26-14-9-5-6-10-15(14)27-21/h4-12H,1-3H3,(H2,23,29)(H,24,25)(H,26,27). The molecule has 0 atom stereocenters. The van der Waals surface area contributed by atoms with Crippen molar-refractivity contribution in [2.45, 2.75) is 26.2 Å². The van der Waals surface area contributed by atoms with Gasteiger partial charge in [-0.15, -0.1) is 0 Å². The molecule has 4 N–H and O–H groups in total. The molecule has 8 nitrogen and oxygen atoms in total. The average molecular weight is 402 g/mol. The predicted octanol–water partition coefficient (Wildman–Crippen LogP) is 3.66. The summed E-state index contributed by atoms with van der Waals surface area (Å²) in [6.45, 7) is 6.20. The summed E-state index contributed by atoms with van der Waals surface area (Å²) in [5.41, 5.74) is 8.16. The van der Waals surface area contributed by atoms with Crippen LogP contribution in [0, 0.1) is 0 Å². The average Bonchev–Trinajstić information content (AvgIpc) is 3.35. The quantitative estimate of drug-likeness (QED) is 0.482. The van der Waals surface area contributed by atoms with E-state index in [4.69, 9.17) is 5.73 Å². The van der Waals surface area contributed by atoms with E-state index in [0.29, 0.717) is 11.6 Å². The molecule has 4 aromatic rings. The minimum atomic E-state index is -0.760. The highest BCUT2D eigenvalue weighted by Crippen LogP contribution is 2.36. The van der Waals surface area contributed by atoms with Crippen molar-refractivity contribution in [2.75, 3.05) is 4.90 Å². The first-order valence-electron chi connectivity index (χ1n) is 9.49. The highest BCUT2D eigenvalue weighted by molar-refractivity contribution is 6.14. The van der Waals surface area contributed by atoms with Crippen LogP contribution < -0.4 is 10.6 Å². The molecule has 4 rings (SSSR count). The Kier molecular flexibility index (Phi) is 4.62. The van der Waals surface area contributed by atoms with Gasteiger partial charge in [-0.3, -0.25) is 9.59 Å². The van der Waals surface area contributed by atoms with Crippen LogP contribution in [0.25, 0.3) is 11.0 Å². The number of nitrogens with one attached hydrogen (secondary N) is 2. The van der Waals surface area contributed by atoms with Crippen LogP contribution in [0.1, 0.15) is 47.3 Å². The third kappa shape index (κ3) is 3.32. The van der Waals surface area contributed by atoms with Gasteiger partial charge in [0.15, 0.2) is 5.69 Å². The first kappa shape index (κ1) is 19.4. The van der Waals surface area contributed by atoms with Crippen LogP contribution in [0.2, 0.25) is 0 Å². The molecule has 2 amide bonds. The molecule has 2 heterocycles. The number of fused-ring (bicyclic) bond motifs is 1. The molecule has 0 spiro atoms. The summed E-state index contributed by atoms with van der Waals surface area (Å²) in [5, 5.41) is 0. The van der Waals surface area contributed by atoms with Crippen LogP contribution in [0.15, 0.2) is 54.9 Å². The Labute approximate surface area is 173 Å². The Bertz CT molecular complexity index is 1210. The number of carbonyl (C=O) groups is 2. The van der Waals surface area contributed by atoms with E-state index in [2.05, 4.69) is 40.7 Å². The van der Waals surface area contributed by atoms with E-state index >= 15 is 0 Å². The molecular formula is C22H22N6O2. The van der Waals surface area contributed by atoms with Gasteiger partial charge in [-0.1, -0.05) is 51.1 Å². The molecule has 0 aliphatic carbocycles. The minimum Gasteiger partial charge on any atom is -0.364 e. The van der Waals surface area contributed by atoms with Gasteiger partial charge in [0.25, 0.3) is 11.8 Å². The summed E-state index contributed by atoms with van der Waals surface area (Å²) in [4.78, 5) is 41.5. The lowest BCUT2D eigenvalue weighted by Gasteiger charge is -2.28. The largest absolute Gasteiger partial charge is 0.364 e. The number of hydrogen-bond donors (Lipinski definition) is 3. The monoisotopic (exact) mass is 402 g/mol. The van der Waals surface area contributed by atoms with E-state index in [1.54, 1.807) is 0 Å². The van der Waals surface area contributed by atoms with Crippen LogP contribution in [0.5, 0.6) is 0 Å². The number of amides is 2. The maximum atomic E-state index is 13.7. The van der Waals surface area contributed by atoms with Crippen molar-refractivity contribution in [3.05, 3.63) is 71.8 Å². The molecule has 0 aliphatic rings. The number of nitrogens with zero attached hydrogens (tertiary/aromatic N) is 3. The fourth-order valence-corrected chi connectivity index (χ4v) is 3.42. The zero-order chi connectivity index (χ0) is 21.5. The number of imidazole rings is 2. The number of H-pyrrole nitrogens is 2. The van der Waals surface area contributed by atoms with Crippen LogP contribution in [-0.2, 0) is 5.41 Å². The number of aromatic nitrogens is 4. The number of aromatic amines is 2. The minimum absolute atomic E-state index is 0.0469. The third-order valence-corrected chi connectivity index (χ3v) is 4.83. The number of rotatable bonds is 4. The van der Waals surface area contributed by atoms with E-state index in [9.17, 15) is 9.59 Å². The molecule has 8 heteroatoms. The van der Waals surface area contributed by atoms with Crippen LogP contribution in [0.4, 0.5) is 11.6 Å². The number of anilines is 2. The van der Waals surface area contributed by atoms with Gasteiger partial charge >= 0.3 is 0 Å². The zero-order valence-electron chi connectivity index (χ0n) is 16.9. The lowest BCUT2D eigenvalue weighted by molar-refractivity contribution is 0.0961. The van der Waals surface area contributed by atoms with Crippen LogP contribution in [-0.4, -0.2) is 31.8 Å². The van der Waals surface area contributed by atoms with Crippen molar-refractivity contribution < 1.29 is 9.59 Å². The highest BCUT2D eigenvalue weighted by Gasteiger charge is 2.31. The first-order chi connectivity index (χ1) is 14.3. The lowest BCUT2D eigenvalue weighted by atomic mass is 9.85. The van der Waals surface area contributed by atoms with Gasteiger partial charge in [-0.25, -0.2) is 14.9 Å². The molecular weight excluding hydrogens is 380 g/mol. The number of carbonyl (C=O) groups excluding carboxylic acids is 2. The van der Waals surface area contributed by atoms with Crippen molar-refractivity contribution in [3.63, 3.8) is 0 Å². The van der Waals surface area contributed by atoms with E-state index in [1.807, 2.05) is 48.5 Å². The molecule has 2 aromatic carbocycles. The molecule has 0 unspecified atom stereocenters. The van der Waals surface area contributed by atoms with Crippen molar-refractivity contribution >= 4 is 34.5 Å². The second-order valence-electron chi connectivity index (χ2n) is 7.98. The maximum Gasteiger partial charge on any atom is 0.286 e. The van der Waals surface area contributed by atoms with Crippen LogP contribution in [0.3, 0.4) is 0 Å². The normalized spacial score (nSPS) is 11.6. The van der Waals surface area contributed by atoms with E-state index in [0.717, 1.165) is 16.6 Å². The molecule has 0 bridgehead atoms. The smallest absolute Gasteiger partial charge is 0.286 e. The number of hydrogen-bond acceptors (Lipinski definition) is 4. The Balaban J connectivity index is 1.96. The summed E-state index contributed by atoms with van der Waals surface area (Å²) in [5.74, 6) is -0.943. The fraction of sp³-hybridized carbons (Fsp3) is 0.182. The zero-order valence-corrected chi connectivity index (χ0v) is 16.9. The van der Waals surface area contributed by atoms with E-state index in [1.165, 1.54) is 11.2 Å². The van der Waals surface area contributed by atoms with Gasteiger partial charge in [0.05, 0.1) is 23.0 Å². The van der Waals surface area contributed by atoms with Crippen molar-refractivity contribution in [2.24, 2.45) is 5.73 Å². The van der Waals surface area contributed by atoms with Gasteiger partial charge in [-0.05, 0) is 29.2 Å². The topological polar surface area (TPSA) is 121 Å². The molecule has 0 saturated heterocycles. The van der Waals surface area contributed by atoms with Gasteiger partial charge < -0.3 is 15.7 Å². The van der Waals surface area contributed by atoms with Gasteiger partial charge in [-0.2, -0.15) is 0 Å². The number of primary amides is 1. The molecule has 0 aliphatic heterocycles. The van der Waals surface area contributed by atoms with Gasteiger partial charge in [0.1, 0.15) is 5.69 Å². The summed E-state index contributed by atoms with van der Waals surface area (Å²) in [7, 11) is 0. The van der Waals surface area contributed by atoms with Gasteiger partial charge in [0.2, 0.25) is 5.95 Å². The Morgan fingerprint density at radius 1 is 1.03 bits per heavy atom. The highest BCUT2D eigenvalue weighted by atomic mass is 16.2. The van der Waals surface area contributed by atoms with Crippen molar-refractivity contribution in [1.82, 2.24) is 19.9 Å². The van der Waals surface area contributed by atoms with Gasteiger partial charge in [0, 0.05) is 0 Å². The predicted molar refractivity (Wildman–Crippen MR) is 115 cm³/mol. The summed E-state index contributed by atoms with van der Waals surface area (Å²) < 4.78 is 0. The molecule has 2 aromatic heterocycles. The van der Waals surface area contributed by atoms with Crippen molar-refractivity contribution in [1.29, 1.82) is 0 Å². The van der Waals surface area contributed by atoms with E-state index in [-0.39, 0.29) is 16.8 Å². The Hall–Kier alpha value is -3.94. The molecule has 152 valence electrons. The van der Waals surface area contributed by atoms with Crippen molar-refractivity contribution in [3.8, 4) is 0 Å². The molecule has 30 heavy (non-hydrogen) atoms. The Morgan fingerprint density at radius 2 is 1.73 bits per heavy atom. The summed E-state index contributed by atoms with van der Waals surface area (Å²) in [6.07, 6.45) is 1.28. The number of benzene rings is 2. The fourth-order valence-electron chi connectivity index (χ4n) is 3.42. The van der Waals surface area contributed by atoms with E-state index < -0.39 is 11.8 Å². The lowest BCUT2D eigenvalue weighted by Crippen LogP contribution is -2.32.